The van der Waals surface area contributed by atoms with Crippen LogP contribution in [-0.4, -0.2) is 22.6 Å². The monoisotopic (exact) mass is 376 g/mol. The van der Waals surface area contributed by atoms with Crippen LogP contribution in [0, 0.1) is 0 Å². The van der Waals surface area contributed by atoms with Crippen LogP contribution in [0.2, 0.25) is 0 Å². The molecule has 0 amide bonds. The topological polar surface area (TPSA) is 68.6 Å². The minimum Gasteiger partial charge on any atom is -0.464 e. The summed E-state index contributed by atoms with van der Waals surface area (Å²) in [6.07, 6.45) is 3.43. The first-order chi connectivity index (χ1) is 13.7. The molecular formula is C22H20N2O4. The van der Waals surface area contributed by atoms with Gasteiger partial charge in [-0.2, -0.15) is 0 Å². The van der Waals surface area contributed by atoms with Crippen molar-refractivity contribution in [2.75, 3.05) is 13.1 Å². The Hall–Kier alpha value is -3.12. The van der Waals surface area contributed by atoms with E-state index >= 15 is 0 Å². The smallest absolute Gasteiger partial charge is 0.420 e. The van der Waals surface area contributed by atoms with Gasteiger partial charge >= 0.3 is 5.76 Å². The summed E-state index contributed by atoms with van der Waals surface area (Å²) < 4.78 is 12.8. The third-order valence-electron chi connectivity index (χ3n) is 5.51. The van der Waals surface area contributed by atoms with Gasteiger partial charge in [-0.25, -0.2) is 4.79 Å². The second-order valence-corrected chi connectivity index (χ2v) is 7.32. The van der Waals surface area contributed by atoms with Gasteiger partial charge in [-0.05, 0) is 43.7 Å². The minimum absolute atomic E-state index is 0.00917. The van der Waals surface area contributed by atoms with Crippen molar-refractivity contribution in [3.8, 4) is 0 Å². The maximum atomic E-state index is 12.8. The van der Waals surface area contributed by atoms with Crippen LogP contribution >= 0.6 is 0 Å². The highest BCUT2D eigenvalue weighted by Gasteiger charge is 2.25. The predicted molar refractivity (Wildman–Crippen MR) is 107 cm³/mol. The Kier molecular flexibility index (Phi) is 4.13. The molecule has 1 saturated heterocycles. The minimum atomic E-state index is -0.321. The van der Waals surface area contributed by atoms with Gasteiger partial charge in [0.15, 0.2) is 11.0 Å². The van der Waals surface area contributed by atoms with Crippen molar-refractivity contribution in [2.24, 2.45) is 0 Å². The maximum Gasteiger partial charge on any atom is 0.420 e. The lowest BCUT2D eigenvalue weighted by Crippen LogP contribution is -2.39. The Morgan fingerprint density at radius 1 is 1.00 bits per heavy atom. The number of benzene rings is 2. The molecule has 0 bridgehead atoms. The van der Waals surface area contributed by atoms with Gasteiger partial charge in [-0.3, -0.25) is 14.3 Å². The molecule has 2 aromatic carbocycles. The first-order valence-electron chi connectivity index (χ1n) is 9.52. The summed E-state index contributed by atoms with van der Waals surface area (Å²) in [4.78, 5) is 27.4. The first kappa shape index (κ1) is 17.0. The fraction of sp³-hybridized carbons (Fsp3) is 0.273. The van der Waals surface area contributed by atoms with Gasteiger partial charge in [0.05, 0.1) is 23.2 Å². The van der Waals surface area contributed by atoms with E-state index in [2.05, 4.69) is 4.90 Å². The molecule has 1 aliphatic heterocycles. The summed E-state index contributed by atoms with van der Waals surface area (Å²) >= 11 is 0. The summed E-state index contributed by atoms with van der Waals surface area (Å²) in [5, 5.41) is 0.602. The van der Waals surface area contributed by atoms with Gasteiger partial charge < -0.3 is 8.83 Å². The molecule has 0 unspecified atom stereocenters. The average molecular weight is 376 g/mol. The number of para-hydroxylation sites is 3. The number of hydrogen-bond acceptors (Lipinski definition) is 5. The Morgan fingerprint density at radius 3 is 2.68 bits per heavy atom. The van der Waals surface area contributed by atoms with E-state index in [1.807, 2.05) is 36.4 Å². The summed E-state index contributed by atoms with van der Waals surface area (Å²) in [7, 11) is 0. The largest absolute Gasteiger partial charge is 0.464 e. The number of oxazole rings is 1. The van der Waals surface area contributed by atoms with Gasteiger partial charge in [0.2, 0.25) is 0 Å². The zero-order valence-corrected chi connectivity index (χ0v) is 15.3. The number of rotatable bonds is 3. The number of fused-ring (bicyclic) bond motifs is 2. The molecule has 0 N–H and O–H groups in total. The third kappa shape index (κ3) is 2.86. The second-order valence-electron chi connectivity index (χ2n) is 7.32. The lowest BCUT2D eigenvalue weighted by Gasteiger charge is -2.32. The first-order valence-corrected chi connectivity index (χ1v) is 9.52. The molecule has 0 aliphatic carbocycles. The number of aromatic nitrogens is 1. The van der Waals surface area contributed by atoms with Crippen molar-refractivity contribution in [3.63, 3.8) is 0 Å². The van der Waals surface area contributed by atoms with E-state index in [4.69, 9.17) is 8.83 Å². The molecule has 28 heavy (non-hydrogen) atoms. The van der Waals surface area contributed by atoms with Gasteiger partial charge in [-0.1, -0.05) is 24.3 Å². The number of nitrogens with zero attached hydrogens (tertiary/aromatic N) is 2. The molecule has 3 heterocycles. The van der Waals surface area contributed by atoms with Crippen LogP contribution < -0.4 is 11.2 Å². The fourth-order valence-corrected chi connectivity index (χ4v) is 4.18. The highest BCUT2D eigenvalue weighted by Crippen LogP contribution is 2.25. The molecule has 6 nitrogen and oxygen atoms in total. The van der Waals surface area contributed by atoms with Crippen molar-refractivity contribution >= 4 is 22.1 Å². The molecule has 0 saturated carbocycles. The number of piperidine rings is 1. The molecule has 6 heteroatoms. The average Bonchev–Trinajstić information content (AvgIpc) is 3.06. The SMILES string of the molecule is O=c1c(CN2CCC[C@H](n3c(=O)oc4ccccc43)C2)coc2ccccc12. The molecule has 4 aromatic rings. The summed E-state index contributed by atoms with van der Waals surface area (Å²) in [5.41, 5.74) is 2.69. The van der Waals surface area contributed by atoms with Crippen molar-refractivity contribution < 1.29 is 8.83 Å². The molecule has 142 valence electrons. The molecule has 5 rings (SSSR count). The van der Waals surface area contributed by atoms with Crippen LogP contribution in [-0.2, 0) is 6.54 Å². The van der Waals surface area contributed by atoms with Crippen LogP contribution in [0.1, 0.15) is 24.4 Å². The predicted octanol–water partition coefficient (Wildman–Crippen LogP) is 3.54. The van der Waals surface area contributed by atoms with E-state index in [-0.39, 0.29) is 17.2 Å². The Labute approximate surface area is 160 Å². The lowest BCUT2D eigenvalue weighted by molar-refractivity contribution is 0.166. The van der Waals surface area contributed by atoms with Gasteiger partial charge in [-0.15, -0.1) is 0 Å². The van der Waals surface area contributed by atoms with Crippen molar-refractivity contribution in [3.05, 3.63) is 81.1 Å². The Bertz CT molecular complexity index is 1270. The molecule has 2 aromatic heterocycles. The van der Waals surface area contributed by atoms with E-state index in [0.29, 0.717) is 35.2 Å². The summed E-state index contributed by atoms with van der Waals surface area (Å²) in [6, 6.07) is 14.8. The van der Waals surface area contributed by atoms with Crippen LogP contribution in [0.3, 0.4) is 0 Å². The third-order valence-corrected chi connectivity index (χ3v) is 5.51. The van der Waals surface area contributed by atoms with Gasteiger partial charge in [0, 0.05) is 18.7 Å². The standard InChI is InChI=1S/C22H20N2O4/c25-21-15(14-27-19-9-3-1-7-17(19)21)12-23-11-5-6-16(13-23)24-18-8-2-4-10-20(18)28-22(24)26/h1-4,7-10,14,16H,5-6,11-13H2/t16-/m0/s1. The number of hydrogen-bond donors (Lipinski definition) is 0. The van der Waals surface area contributed by atoms with Crippen molar-refractivity contribution in [1.29, 1.82) is 0 Å². The maximum absolute atomic E-state index is 12.8. The van der Waals surface area contributed by atoms with Gasteiger partial charge in [0.1, 0.15) is 5.58 Å². The molecule has 1 aliphatic rings. The van der Waals surface area contributed by atoms with E-state index in [1.54, 1.807) is 23.0 Å². The van der Waals surface area contributed by atoms with Crippen LogP contribution in [0.5, 0.6) is 0 Å². The van der Waals surface area contributed by atoms with Gasteiger partial charge in [0.25, 0.3) is 0 Å². The van der Waals surface area contributed by atoms with E-state index in [0.717, 1.165) is 24.9 Å². The lowest BCUT2D eigenvalue weighted by atomic mass is 10.0. The Morgan fingerprint density at radius 2 is 1.79 bits per heavy atom. The van der Waals surface area contributed by atoms with E-state index in [1.165, 1.54) is 0 Å². The quantitative estimate of drug-likeness (QED) is 0.547. The fourth-order valence-electron chi connectivity index (χ4n) is 4.18. The van der Waals surface area contributed by atoms with E-state index in [9.17, 15) is 9.59 Å². The summed E-state index contributed by atoms with van der Waals surface area (Å²) in [5.74, 6) is -0.321. The van der Waals surface area contributed by atoms with E-state index < -0.39 is 0 Å². The zero-order valence-electron chi connectivity index (χ0n) is 15.3. The normalized spacial score (nSPS) is 18.1. The van der Waals surface area contributed by atoms with Crippen LogP contribution in [0.4, 0.5) is 0 Å². The molecule has 0 spiro atoms. The molecule has 1 fully saturated rings. The molecule has 0 radical (unpaired) electrons. The molecular weight excluding hydrogens is 356 g/mol. The zero-order chi connectivity index (χ0) is 19.1. The van der Waals surface area contributed by atoms with Crippen molar-refractivity contribution in [2.45, 2.75) is 25.4 Å². The highest BCUT2D eigenvalue weighted by atomic mass is 16.4. The van der Waals surface area contributed by atoms with Crippen molar-refractivity contribution in [1.82, 2.24) is 9.47 Å². The second kappa shape index (κ2) is 6.80. The van der Waals surface area contributed by atoms with Crippen LogP contribution in [0.15, 0.2) is 73.2 Å². The molecule has 1 atom stereocenters. The van der Waals surface area contributed by atoms with Crippen LogP contribution in [0.25, 0.3) is 22.1 Å². The summed E-state index contributed by atoms with van der Waals surface area (Å²) in [6.45, 7) is 2.08. The highest BCUT2D eigenvalue weighted by molar-refractivity contribution is 5.76. The number of likely N-dealkylation sites (tertiary alicyclic amines) is 1. The Balaban J connectivity index is 1.43.